The van der Waals surface area contributed by atoms with Gasteiger partial charge in [-0.3, -0.25) is 4.90 Å². The van der Waals surface area contributed by atoms with Crippen molar-refractivity contribution in [1.29, 1.82) is 0 Å². The van der Waals surface area contributed by atoms with Gasteiger partial charge in [0.15, 0.2) is 0 Å². The highest BCUT2D eigenvalue weighted by Gasteiger charge is 2.38. The van der Waals surface area contributed by atoms with Crippen molar-refractivity contribution in [3.8, 4) is 5.69 Å². The lowest BCUT2D eigenvalue weighted by Gasteiger charge is -2.23. The predicted molar refractivity (Wildman–Crippen MR) is 111 cm³/mol. The van der Waals surface area contributed by atoms with Gasteiger partial charge in [0.1, 0.15) is 5.82 Å². The number of alkyl halides is 3. The van der Waals surface area contributed by atoms with E-state index >= 15 is 0 Å². The number of rotatable bonds is 5. The Morgan fingerprint density at radius 3 is 2.56 bits per heavy atom. The molecule has 1 saturated heterocycles. The van der Waals surface area contributed by atoms with Crippen molar-refractivity contribution >= 4 is 17.3 Å². The largest absolute Gasteiger partial charge is 0.490 e. The minimum Gasteiger partial charge on any atom is -0.475 e. The zero-order valence-electron chi connectivity index (χ0n) is 17.2. The summed E-state index contributed by atoms with van der Waals surface area (Å²) in [5, 5.41) is 14.9. The molecule has 0 aliphatic carbocycles. The molecule has 0 spiro atoms. The summed E-state index contributed by atoms with van der Waals surface area (Å²) >= 11 is 1.76. The van der Waals surface area contributed by atoms with Crippen LogP contribution < -0.4 is 0 Å². The van der Waals surface area contributed by atoms with E-state index in [9.17, 15) is 17.6 Å². The van der Waals surface area contributed by atoms with Gasteiger partial charge in [0.05, 0.1) is 16.9 Å². The normalized spacial score (nSPS) is 16.6. The lowest BCUT2D eigenvalue weighted by atomic mass is 10.1. The molecule has 1 atom stereocenters. The fourth-order valence-electron chi connectivity index (χ4n) is 3.44. The van der Waals surface area contributed by atoms with E-state index in [0.29, 0.717) is 6.04 Å². The number of carboxylic acid groups (broad SMARTS) is 1. The lowest BCUT2D eigenvalue weighted by molar-refractivity contribution is -0.192. The SMILES string of the molecule is Cc1csc(CC2CCCN2Cc2cnn(-c3ccc(F)cc3)c2)n1.O=C(O)C(F)(F)F. The highest BCUT2D eigenvalue weighted by atomic mass is 32.1. The third-order valence-electron chi connectivity index (χ3n) is 4.93. The topological polar surface area (TPSA) is 71.2 Å². The van der Waals surface area contributed by atoms with Crippen molar-refractivity contribution in [1.82, 2.24) is 19.7 Å². The van der Waals surface area contributed by atoms with E-state index < -0.39 is 12.1 Å². The third kappa shape index (κ3) is 6.60. The van der Waals surface area contributed by atoms with Crippen LogP contribution in [0.5, 0.6) is 0 Å². The molecule has 3 aromatic rings. The van der Waals surface area contributed by atoms with Crippen LogP contribution in [-0.2, 0) is 17.8 Å². The van der Waals surface area contributed by atoms with Crippen molar-refractivity contribution in [2.75, 3.05) is 6.54 Å². The third-order valence-corrected chi connectivity index (χ3v) is 5.92. The summed E-state index contributed by atoms with van der Waals surface area (Å²) in [6, 6.07) is 6.97. The van der Waals surface area contributed by atoms with Gasteiger partial charge >= 0.3 is 12.1 Å². The van der Waals surface area contributed by atoms with Gasteiger partial charge in [0.25, 0.3) is 0 Å². The molecule has 4 rings (SSSR count). The van der Waals surface area contributed by atoms with E-state index in [4.69, 9.17) is 9.90 Å². The van der Waals surface area contributed by atoms with Gasteiger partial charge in [-0.05, 0) is 50.6 Å². The zero-order chi connectivity index (χ0) is 23.3. The molecule has 1 aliphatic rings. The van der Waals surface area contributed by atoms with Crippen molar-refractivity contribution in [3.63, 3.8) is 0 Å². The number of hydrogen-bond donors (Lipinski definition) is 1. The molecule has 11 heteroatoms. The molecule has 1 N–H and O–H groups in total. The number of aryl methyl sites for hydroxylation is 1. The van der Waals surface area contributed by atoms with E-state index in [0.717, 1.165) is 30.9 Å². The molecule has 6 nitrogen and oxygen atoms in total. The standard InChI is InChI=1S/C19H21FN4S.C2HF3O2/c1-14-13-25-19(22-14)9-18-3-2-8-23(18)11-15-10-21-24(12-15)17-6-4-16(20)5-7-17;3-2(4,5)1(6)7/h4-7,10,12-13,18H,2-3,8-9,11H2,1H3;(H,6,7). The van der Waals surface area contributed by atoms with Gasteiger partial charge in [-0.25, -0.2) is 18.9 Å². The number of nitrogens with zero attached hydrogens (tertiary/aromatic N) is 4. The van der Waals surface area contributed by atoms with E-state index in [-0.39, 0.29) is 5.82 Å². The molecule has 32 heavy (non-hydrogen) atoms. The Balaban J connectivity index is 0.000000360. The number of carbonyl (C=O) groups is 1. The number of likely N-dealkylation sites (tertiary alicyclic amines) is 1. The molecular weight excluding hydrogens is 448 g/mol. The Bertz CT molecular complexity index is 1030. The van der Waals surface area contributed by atoms with Crippen LogP contribution in [0.3, 0.4) is 0 Å². The molecule has 3 heterocycles. The fraction of sp³-hybridized carbons (Fsp3) is 0.381. The maximum atomic E-state index is 13.1. The van der Waals surface area contributed by atoms with Gasteiger partial charge < -0.3 is 5.11 Å². The number of benzene rings is 1. The van der Waals surface area contributed by atoms with Crippen molar-refractivity contribution in [3.05, 3.63) is 64.1 Å². The molecule has 0 amide bonds. The smallest absolute Gasteiger partial charge is 0.475 e. The van der Waals surface area contributed by atoms with Crippen LogP contribution in [0.2, 0.25) is 0 Å². The molecular formula is C21H22F4N4O2S. The fourth-order valence-corrected chi connectivity index (χ4v) is 4.29. The number of halogens is 4. The van der Waals surface area contributed by atoms with Crippen molar-refractivity contribution in [2.24, 2.45) is 0 Å². The number of aromatic nitrogens is 3. The van der Waals surface area contributed by atoms with Crippen LogP contribution in [0.1, 0.15) is 29.1 Å². The first-order valence-corrected chi connectivity index (χ1v) is 10.7. The highest BCUT2D eigenvalue weighted by Crippen LogP contribution is 2.25. The predicted octanol–water partition coefficient (Wildman–Crippen LogP) is 4.62. The van der Waals surface area contributed by atoms with Crippen LogP contribution in [0.25, 0.3) is 5.69 Å². The summed E-state index contributed by atoms with van der Waals surface area (Å²) < 4.78 is 46.6. The Morgan fingerprint density at radius 2 is 1.97 bits per heavy atom. The average Bonchev–Trinajstić information content (AvgIpc) is 3.46. The maximum Gasteiger partial charge on any atom is 0.490 e. The van der Waals surface area contributed by atoms with Gasteiger partial charge in [0, 0.05) is 41.8 Å². The molecule has 0 radical (unpaired) electrons. The van der Waals surface area contributed by atoms with Crippen LogP contribution in [0.15, 0.2) is 42.0 Å². The number of aliphatic carboxylic acids is 1. The molecule has 172 valence electrons. The first kappa shape index (κ1) is 23.9. The summed E-state index contributed by atoms with van der Waals surface area (Å²) in [5.41, 5.74) is 3.18. The molecule has 1 fully saturated rings. The van der Waals surface area contributed by atoms with E-state index in [1.807, 2.05) is 17.1 Å². The second-order valence-electron chi connectivity index (χ2n) is 7.43. The molecule has 0 saturated carbocycles. The first-order chi connectivity index (χ1) is 15.1. The summed E-state index contributed by atoms with van der Waals surface area (Å²) in [5.74, 6) is -2.99. The first-order valence-electron chi connectivity index (χ1n) is 9.86. The molecule has 0 bridgehead atoms. The molecule has 1 aromatic carbocycles. The van der Waals surface area contributed by atoms with Gasteiger partial charge in [0.2, 0.25) is 0 Å². The summed E-state index contributed by atoms with van der Waals surface area (Å²) in [6.07, 6.45) is 2.36. The Hall–Kier alpha value is -2.79. The van der Waals surface area contributed by atoms with Crippen molar-refractivity contribution in [2.45, 2.75) is 44.9 Å². The molecule has 1 unspecified atom stereocenters. The van der Waals surface area contributed by atoms with Crippen LogP contribution in [0.4, 0.5) is 17.6 Å². The van der Waals surface area contributed by atoms with Gasteiger partial charge in [-0.2, -0.15) is 18.3 Å². The van der Waals surface area contributed by atoms with Gasteiger partial charge in [-0.15, -0.1) is 11.3 Å². The molecule has 1 aliphatic heterocycles. The highest BCUT2D eigenvalue weighted by molar-refractivity contribution is 7.09. The van der Waals surface area contributed by atoms with Crippen LogP contribution in [-0.4, -0.2) is 49.5 Å². The molecule has 2 aromatic heterocycles. The summed E-state index contributed by atoms with van der Waals surface area (Å²) in [7, 11) is 0. The quantitative estimate of drug-likeness (QED) is 0.551. The Kier molecular flexibility index (Phi) is 7.62. The Labute approximate surface area is 186 Å². The Morgan fingerprint density at radius 1 is 1.28 bits per heavy atom. The van der Waals surface area contributed by atoms with Gasteiger partial charge in [-0.1, -0.05) is 0 Å². The monoisotopic (exact) mass is 470 g/mol. The van der Waals surface area contributed by atoms with E-state index in [2.05, 4.69) is 27.3 Å². The van der Waals surface area contributed by atoms with E-state index in [1.165, 1.54) is 35.5 Å². The minimum absolute atomic E-state index is 0.228. The minimum atomic E-state index is -5.08. The van der Waals surface area contributed by atoms with Crippen LogP contribution >= 0.6 is 11.3 Å². The second kappa shape index (κ2) is 10.2. The second-order valence-corrected chi connectivity index (χ2v) is 8.37. The number of thiazole rings is 1. The summed E-state index contributed by atoms with van der Waals surface area (Å²) in [6.45, 7) is 4.07. The summed E-state index contributed by atoms with van der Waals surface area (Å²) in [4.78, 5) is 16.0. The lowest BCUT2D eigenvalue weighted by Crippen LogP contribution is -2.30. The number of hydrogen-bond acceptors (Lipinski definition) is 5. The number of carboxylic acids is 1. The van der Waals surface area contributed by atoms with Crippen molar-refractivity contribution < 1.29 is 27.5 Å². The maximum absolute atomic E-state index is 13.1. The van der Waals surface area contributed by atoms with Crippen LogP contribution in [0, 0.1) is 12.7 Å². The average molecular weight is 470 g/mol. The zero-order valence-corrected chi connectivity index (χ0v) is 18.0. The van der Waals surface area contributed by atoms with E-state index in [1.54, 1.807) is 23.5 Å².